The van der Waals surface area contributed by atoms with Gasteiger partial charge in [0.1, 0.15) is 5.76 Å². The van der Waals surface area contributed by atoms with Crippen molar-refractivity contribution >= 4 is 8.81 Å². The molecule has 0 aromatic heterocycles. The highest BCUT2D eigenvalue weighted by Crippen LogP contribution is 2.25. The molecular formula is C13H17N2O2P. The van der Waals surface area contributed by atoms with Gasteiger partial charge in [0.15, 0.2) is 0 Å². The van der Waals surface area contributed by atoms with Gasteiger partial charge < -0.3 is 9.63 Å². The number of hydrogen-bond donors (Lipinski definition) is 1. The maximum absolute atomic E-state index is 8.99. The van der Waals surface area contributed by atoms with Gasteiger partial charge in [-0.15, -0.1) is 0 Å². The summed E-state index contributed by atoms with van der Waals surface area (Å²) in [6, 6.07) is 0.216. The van der Waals surface area contributed by atoms with Gasteiger partial charge in [-0.05, 0) is 30.3 Å². The second kappa shape index (κ2) is 6.62. The van der Waals surface area contributed by atoms with E-state index < -0.39 is 0 Å². The third-order valence-corrected chi connectivity index (χ3v) is 3.48. The molecule has 0 aromatic rings. The predicted octanol–water partition coefficient (Wildman–Crippen LogP) is 3.10. The van der Waals surface area contributed by atoms with Gasteiger partial charge in [-0.25, -0.2) is 0 Å². The second-order valence-electron chi connectivity index (χ2n) is 4.14. The van der Waals surface area contributed by atoms with Crippen molar-refractivity contribution in [3.05, 3.63) is 47.5 Å². The zero-order valence-corrected chi connectivity index (χ0v) is 11.3. The zero-order chi connectivity index (χ0) is 12.8. The van der Waals surface area contributed by atoms with Crippen LogP contribution >= 0.6 is 8.81 Å². The van der Waals surface area contributed by atoms with Crippen LogP contribution < -0.4 is 0 Å². The van der Waals surface area contributed by atoms with Crippen LogP contribution in [-0.2, 0) is 4.74 Å². The van der Waals surface area contributed by atoms with Crippen molar-refractivity contribution < 1.29 is 9.63 Å². The maximum atomic E-state index is 8.99. The number of hydrogen-bond acceptors (Lipinski definition) is 4. The third kappa shape index (κ3) is 3.62. The highest BCUT2D eigenvalue weighted by Gasteiger charge is 2.10. The number of nitrogens with zero attached hydrogens (tertiary/aromatic N) is 2. The Morgan fingerprint density at radius 3 is 2.28 bits per heavy atom. The van der Waals surface area contributed by atoms with E-state index in [1.54, 1.807) is 7.11 Å². The number of rotatable bonds is 4. The Morgan fingerprint density at radius 1 is 1.17 bits per heavy atom. The number of allylic oxidation sites excluding steroid dienone is 3. The molecule has 96 valence electrons. The fourth-order valence-electron chi connectivity index (χ4n) is 1.78. The Balaban J connectivity index is 1.84. The van der Waals surface area contributed by atoms with E-state index >= 15 is 0 Å². The fourth-order valence-corrected chi connectivity index (χ4v) is 2.16. The monoisotopic (exact) mass is 264 g/mol. The Labute approximate surface area is 109 Å². The molecule has 0 spiro atoms. The van der Waals surface area contributed by atoms with Crippen molar-refractivity contribution in [2.24, 2.45) is 10.2 Å². The second-order valence-corrected chi connectivity index (χ2v) is 4.94. The molecule has 3 atom stereocenters. The lowest BCUT2D eigenvalue weighted by atomic mass is 10.1. The largest absolute Gasteiger partial charge is 0.497 e. The molecule has 0 bridgehead atoms. The lowest BCUT2D eigenvalue weighted by molar-refractivity contribution is 0.302. The van der Waals surface area contributed by atoms with Crippen LogP contribution in [0.4, 0.5) is 0 Å². The minimum atomic E-state index is -0.131. The first-order valence-electron chi connectivity index (χ1n) is 5.92. The summed E-state index contributed by atoms with van der Waals surface area (Å²) < 4.78 is 5.12. The van der Waals surface area contributed by atoms with Gasteiger partial charge in [0.2, 0.25) is 0 Å². The summed E-state index contributed by atoms with van der Waals surface area (Å²) in [7, 11) is 1.53. The van der Waals surface area contributed by atoms with Crippen molar-refractivity contribution in [3.8, 4) is 0 Å². The molecule has 5 heteroatoms. The maximum Gasteiger partial charge on any atom is 0.114 e. The van der Waals surface area contributed by atoms with Crippen LogP contribution in [0.25, 0.3) is 0 Å². The standard InChI is InChI=1S/C13H17N2O2P/c1-17-12-6-2-10(3-7-12)14-15-11-4-8-13(18-16)9-5-11/h2,4,6-11,16,18H,3,5H2,1H3. The average Bonchev–Trinajstić information content (AvgIpc) is 2.46. The molecule has 0 radical (unpaired) electrons. The highest BCUT2D eigenvalue weighted by atomic mass is 31.1. The molecule has 0 aromatic carbocycles. The van der Waals surface area contributed by atoms with Crippen LogP contribution in [0.5, 0.6) is 0 Å². The summed E-state index contributed by atoms with van der Waals surface area (Å²) in [5.74, 6) is 0.885. The minimum absolute atomic E-state index is 0.103. The summed E-state index contributed by atoms with van der Waals surface area (Å²) in [5, 5.41) is 9.62. The van der Waals surface area contributed by atoms with Crippen LogP contribution in [0, 0.1) is 0 Å². The van der Waals surface area contributed by atoms with Gasteiger partial charge in [0, 0.05) is 8.81 Å². The van der Waals surface area contributed by atoms with Gasteiger partial charge in [-0.3, -0.25) is 0 Å². The molecule has 4 nitrogen and oxygen atoms in total. The topological polar surface area (TPSA) is 54.2 Å². The first kappa shape index (κ1) is 13.2. The molecule has 0 amide bonds. The molecule has 2 rings (SSSR count). The lowest BCUT2D eigenvalue weighted by Crippen LogP contribution is -2.06. The van der Waals surface area contributed by atoms with E-state index in [9.17, 15) is 0 Å². The van der Waals surface area contributed by atoms with Gasteiger partial charge in [0.05, 0.1) is 19.2 Å². The normalized spacial score (nSPS) is 27.9. The van der Waals surface area contributed by atoms with E-state index in [-0.39, 0.29) is 20.9 Å². The molecule has 0 fully saturated rings. The van der Waals surface area contributed by atoms with Crippen molar-refractivity contribution in [3.63, 3.8) is 0 Å². The molecule has 1 N–H and O–H groups in total. The van der Waals surface area contributed by atoms with Gasteiger partial charge >= 0.3 is 0 Å². The van der Waals surface area contributed by atoms with Crippen LogP contribution in [0.2, 0.25) is 0 Å². The van der Waals surface area contributed by atoms with Gasteiger partial charge in [0.25, 0.3) is 0 Å². The summed E-state index contributed by atoms with van der Waals surface area (Å²) in [4.78, 5) is 8.99. The van der Waals surface area contributed by atoms with Crippen LogP contribution in [-0.4, -0.2) is 24.1 Å². The van der Waals surface area contributed by atoms with Crippen LogP contribution in [0.1, 0.15) is 12.8 Å². The van der Waals surface area contributed by atoms with Crippen molar-refractivity contribution in [2.45, 2.75) is 24.9 Å². The molecular weight excluding hydrogens is 247 g/mol. The predicted molar refractivity (Wildman–Crippen MR) is 73.7 cm³/mol. The molecule has 0 saturated heterocycles. The van der Waals surface area contributed by atoms with Crippen LogP contribution in [0.15, 0.2) is 57.8 Å². The Kier molecular flexibility index (Phi) is 4.85. The molecule has 0 saturated carbocycles. The molecule has 3 unspecified atom stereocenters. The molecule has 18 heavy (non-hydrogen) atoms. The van der Waals surface area contributed by atoms with Crippen LogP contribution in [0.3, 0.4) is 0 Å². The van der Waals surface area contributed by atoms with E-state index in [1.165, 1.54) is 0 Å². The smallest absolute Gasteiger partial charge is 0.114 e. The quantitative estimate of drug-likeness (QED) is 0.626. The Hall–Kier alpha value is -1.25. The number of azo groups is 1. The summed E-state index contributed by atoms with van der Waals surface area (Å²) in [6.07, 6.45) is 13.5. The van der Waals surface area contributed by atoms with E-state index in [1.807, 2.05) is 36.5 Å². The molecule has 0 aliphatic heterocycles. The van der Waals surface area contributed by atoms with E-state index in [0.717, 1.165) is 23.9 Å². The van der Waals surface area contributed by atoms with Crippen molar-refractivity contribution in [1.82, 2.24) is 0 Å². The first-order valence-corrected chi connectivity index (χ1v) is 6.87. The van der Waals surface area contributed by atoms with E-state index in [4.69, 9.17) is 9.63 Å². The zero-order valence-electron chi connectivity index (χ0n) is 10.3. The SMILES string of the molecule is COC1=CCC(N=NC2C=CC(PO)=CC2)C=C1. The van der Waals surface area contributed by atoms with Gasteiger partial charge in [-0.2, -0.15) is 10.2 Å². The highest BCUT2D eigenvalue weighted by molar-refractivity contribution is 7.36. The first-order chi connectivity index (χ1) is 8.81. The lowest BCUT2D eigenvalue weighted by Gasteiger charge is -2.13. The fraction of sp³-hybridized carbons (Fsp3) is 0.385. The third-order valence-electron chi connectivity index (χ3n) is 2.85. The summed E-state index contributed by atoms with van der Waals surface area (Å²) in [5.41, 5.74) is 0. The number of methoxy groups -OCH3 is 1. The van der Waals surface area contributed by atoms with Crippen molar-refractivity contribution in [1.29, 1.82) is 0 Å². The van der Waals surface area contributed by atoms with Crippen molar-refractivity contribution in [2.75, 3.05) is 7.11 Å². The average molecular weight is 264 g/mol. The Morgan fingerprint density at radius 2 is 1.83 bits per heavy atom. The summed E-state index contributed by atoms with van der Waals surface area (Å²) >= 11 is 0. The van der Waals surface area contributed by atoms with Gasteiger partial charge in [-0.1, -0.05) is 24.3 Å². The minimum Gasteiger partial charge on any atom is -0.497 e. The molecule has 2 aliphatic rings. The summed E-state index contributed by atoms with van der Waals surface area (Å²) in [6.45, 7) is 0. The molecule has 2 aliphatic carbocycles. The van der Waals surface area contributed by atoms with E-state index in [2.05, 4.69) is 10.2 Å². The molecule has 0 heterocycles. The Bertz CT molecular complexity index is 398. The van der Waals surface area contributed by atoms with E-state index in [0.29, 0.717) is 0 Å². The number of ether oxygens (including phenoxy) is 1.